The van der Waals surface area contributed by atoms with Crippen molar-refractivity contribution < 1.29 is 9.47 Å². The topological polar surface area (TPSA) is 31.4 Å². The smallest absolute Gasteiger partial charge is 0.130 e. The summed E-state index contributed by atoms with van der Waals surface area (Å²) in [5.41, 5.74) is 2.73. The molecule has 0 atom stereocenters. The molecular weight excluding hydrogens is 342 g/mol. The standard InChI is InChI=1S/C15H15BrClNO2/c1-10-5-14(19-2)7-12(18-10)9-20-13-3-4-15(16)11(6-13)8-17/h3-7H,8-9H2,1-2H3. The van der Waals surface area contributed by atoms with Crippen LogP contribution in [0.3, 0.4) is 0 Å². The molecular formula is C15H15BrClNO2. The third kappa shape index (κ3) is 3.87. The zero-order chi connectivity index (χ0) is 14.5. The molecule has 0 saturated carbocycles. The van der Waals surface area contributed by atoms with Gasteiger partial charge in [-0.15, -0.1) is 11.6 Å². The molecule has 3 nitrogen and oxygen atoms in total. The number of hydrogen-bond donors (Lipinski definition) is 0. The van der Waals surface area contributed by atoms with E-state index in [1.165, 1.54) is 0 Å². The maximum Gasteiger partial charge on any atom is 0.130 e. The van der Waals surface area contributed by atoms with Gasteiger partial charge in [0.15, 0.2) is 0 Å². The van der Waals surface area contributed by atoms with Crippen LogP contribution in [0.5, 0.6) is 11.5 Å². The number of benzene rings is 1. The summed E-state index contributed by atoms with van der Waals surface area (Å²) in [6.07, 6.45) is 0. The van der Waals surface area contributed by atoms with Crippen LogP contribution in [-0.2, 0) is 12.5 Å². The van der Waals surface area contributed by atoms with Crippen LogP contribution in [0.15, 0.2) is 34.8 Å². The lowest BCUT2D eigenvalue weighted by Gasteiger charge is -2.10. The summed E-state index contributed by atoms with van der Waals surface area (Å²) < 4.78 is 11.9. The number of rotatable bonds is 5. The molecule has 2 aromatic rings. The molecule has 0 saturated heterocycles. The minimum absolute atomic E-state index is 0.390. The number of alkyl halides is 1. The van der Waals surface area contributed by atoms with Gasteiger partial charge in [0.05, 0.1) is 12.8 Å². The maximum absolute atomic E-state index is 5.87. The van der Waals surface area contributed by atoms with Crippen LogP contribution in [0.2, 0.25) is 0 Å². The number of hydrogen-bond acceptors (Lipinski definition) is 3. The van der Waals surface area contributed by atoms with Crippen LogP contribution in [0.25, 0.3) is 0 Å². The highest BCUT2D eigenvalue weighted by atomic mass is 79.9. The molecule has 20 heavy (non-hydrogen) atoms. The fourth-order valence-electron chi connectivity index (χ4n) is 1.80. The Hall–Kier alpha value is -1.26. The number of methoxy groups -OCH3 is 1. The summed E-state index contributed by atoms with van der Waals surface area (Å²) in [4.78, 5) is 4.42. The summed E-state index contributed by atoms with van der Waals surface area (Å²) >= 11 is 9.31. The van der Waals surface area contributed by atoms with Gasteiger partial charge in [0.25, 0.3) is 0 Å². The molecule has 0 radical (unpaired) electrons. The maximum atomic E-state index is 5.87. The van der Waals surface area contributed by atoms with Gasteiger partial charge in [-0.2, -0.15) is 0 Å². The summed E-state index contributed by atoms with van der Waals surface area (Å²) in [7, 11) is 1.64. The number of aryl methyl sites for hydroxylation is 1. The van der Waals surface area contributed by atoms with Gasteiger partial charge >= 0.3 is 0 Å². The van der Waals surface area contributed by atoms with Gasteiger partial charge in [-0.25, -0.2) is 0 Å². The fourth-order valence-corrected chi connectivity index (χ4v) is 2.56. The summed E-state index contributed by atoms with van der Waals surface area (Å²) in [6.45, 7) is 2.32. The molecule has 0 N–H and O–H groups in total. The van der Waals surface area contributed by atoms with E-state index >= 15 is 0 Å². The van der Waals surface area contributed by atoms with Gasteiger partial charge in [0, 0.05) is 28.2 Å². The third-order valence-corrected chi connectivity index (χ3v) is 3.83. The molecule has 0 bridgehead atoms. The molecule has 0 unspecified atom stereocenters. The molecule has 2 rings (SSSR count). The Bertz CT molecular complexity index is 604. The van der Waals surface area contributed by atoms with E-state index in [-0.39, 0.29) is 0 Å². The predicted molar refractivity (Wildman–Crippen MR) is 83.6 cm³/mol. The van der Waals surface area contributed by atoms with Crippen molar-refractivity contribution in [3.05, 3.63) is 51.8 Å². The lowest BCUT2D eigenvalue weighted by atomic mass is 10.2. The SMILES string of the molecule is COc1cc(C)nc(COc2ccc(Br)c(CCl)c2)c1. The molecule has 106 valence electrons. The third-order valence-electron chi connectivity index (χ3n) is 2.76. The minimum atomic E-state index is 0.390. The monoisotopic (exact) mass is 355 g/mol. The normalized spacial score (nSPS) is 10.4. The zero-order valence-corrected chi connectivity index (χ0v) is 13.7. The molecule has 0 aliphatic heterocycles. The number of ether oxygens (including phenoxy) is 2. The first-order chi connectivity index (χ1) is 9.62. The highest BCUT2D eigenvalue weighted by Crippen LogP contribution is 2.24. The van der Waals surface area contributed by atoms with Crippen LogP contribution in [0.4, 0.5) is 0 Å². The van der Waals surface area contributed by atoms with Crippen molar-refractivity contribution in [2.75, 3.05) is 7.11 Å². The van der Waals surface area contributed by atoms with Crippen molar-refractivity contribution in [3.63, 3.8) is 0 Å². The molecule has 0 aliphatic carbocycles. The molecule has 1 aromatic heterocycles. The second-order valence-corrected chi connectivity index (χ2v) is 5.44. The Morgan fingerprint density at radius 3 is 2.70 bits per heavy atom. The van der Waals surface area contributed by atoms with Crippen molar-refractivity contribution in [1.82, 2.24) is 4.98 Å². The number of aromatic nitrogens is 1. The van der Waals surface area contributed by atoms with Crippen LogP contribution in [-0.4, -0.2) is 12.1 Å². The van der Waals surface area contributed by atoms with Crippen molar-refractivity contribution in [3.8, 4) is 11.5 Å². The fraction of sp³-hybridized carbons (Fsp3) is 0.267. The number of nitrogens with zero attached hydrogens (tertiary/aromatic N) is 1. The Balaban J connectivity index is 2.10. The highest BCUT2D eigenvalue weighted by molar-refractivity contribution is 9.10. The molecule has 5 heteroatoms. The van der Waals surface area contributed by atoms with Gasteiger partial charge in [0.2, 0.25) is 0 Å². The average Bonchev–Trinajstić information content (AvgIpc) is 2.45. The Labute approximate surface area is 132 Å². The summed E-state index contributed by atoms with van der Waals surface area (Å²) in [5.74, 6) is 1.99. The van der Waals surface area contributed by atoms with E-state index in [0.717, 1.165) is 32.9 Å². The van der Waals surface area contributed by atoms with E-state index in [1.54, 1.807) is 7.11 Å². The molecule has 0 spiro atoms. The molecule has 1 aromatic carbocycles. The van der Waals surface area contributed by atoms with Gasteiger partial charge < -0.3 is 9.47 Å². The van der Waals surface area contributed by atoms with Crippen LogP contribution in [0.1, 0.15) is 17.0 Å². The van der Waals surface area contributed by atoms with Gasteiger partial charge in [-0.3, -0.25) is 4.98 Å². The van der Waals surface area contributed by atoms with Gasteiger partial charge in [-0.1, -0.05) is 15.9 Å². The Morgan fingerprint density at radius 2 is 2.00 bits per heavy atom. The lowest BCUT2D eigenvalue weighted by molar-refractivity contribution is 0.299. The van der Waals surface area contributed by atoms with Crippen molar-refractivity contribution in [1.29, 1.82) is 0 Å². The quantitative estimate of drug-likeness (QED) is 0.740. The first-order valence-corrected chi connectivity index (χ1v) is 7.44. The van der Waals surface area contributed by atoms with E-state index in [4.69, 9.17) is 21.1 Å². The number of halogens is 2. The second kappa shape index (κ2) is 6.95. The van der Waals surface area contributed by atoms with E-state index in [9.17, 15) is 0 Å². The largest absolute Gasteiger partial charge is 0.497 e. The van der Waals surface area contributed by atoms with Crippen molar-refractivity contribution >= 4 is 27.5 Å². The van der Waals surface area contributed by atoms with Crippen molar-refractivity contribution in [2.45, 2.75) is 19.4 Å². The highest BCUT2D eigenvalue weighted by Gasteiger charge is 2.04. The molecule has 0 aliphatic rings. The summed E-state index contributed by atoms with van der Waals surface area (Å²) in [6, 6.07) is 9.50. The van der Waals surface area contributed by atoms with E-state index in [0.29, 0.717) is 12.5 Å². The first kappa shape index (κ1) is 15.1. The molecule has 1 heterocycles. The minimum Gasteiger partial charge on any atom is -0.497 e. The Morgan fingerprint density at radius 1 is 1.20 bits per heavy atom. The molecule has 0 fully saturated rings. The van der Waals surface area contributed by atoms with Gasteiger partial charge in [-0.05, 0) is 30.7 Å². The van der Waals surface area contributed by atoms with Gasteiger partial charge in [0.1, 0.15) is 18.1 Å². The number of pyridine rings is 1. The lowest BCUT2D eigenvalue weighted by Crippen LogP contribution is -2.01. The summed E-state index contributed by atoms with van der Waals surface area (Å²) in [5, 5.41) is 0. The van der Waals surface area contributed by atoms with Crippen molar-refractivity contribution in [2.24, 2.45) is 0 Å². The van der Waals surface area contributed by atoms with Crippen LogP contribution < -0.4 is 9.47 Å². The second-order valence-electron chi connectivity index (χ2n) is 4.32. The van der Waals surface area contributed by atoms with E-state index in [1.807, 2.05) is 37.3 Å². The van der Waals surface area contributed by atoms with E-state index < -0.39 is 0 Å². The van der Waals surface area contributed by atoms with E-state index in [2.05, 4.69) is 20.9 Å². The first-order valence-electron chi connectivity index (χ1n) is 6.11. The zero-order valence-electron chi connectivity index (χ0n) is 11.3. The average molecular weight is 357 g/mol. The van der Waals surface area contributed by atoms with Crippen LogP contribution >= 0.6 is 27.5 Å². The molecule has 0 amide bonds. The van der Waals surface area contributed by atoms with Crippen LogP contribution in [0, 0.1) is 6.92 Å². The Kier molecular flexibility index (Phi) is 5.26. The predicted octanol–water partition coefficient (Wildman–Crippen LogP) is 4.48.